The van der Waals surface area contributed by atoms with E-state index in [-0.39, 0.29) is 13.2 Å². The van der Waals surface area contributed by atoms with Crippen molar-refractivity contribution in [3.8, 4) is 0 Å². The van der Waals surface area contributed by atoms with Gasteiger partial charge in [0.25, 0.3) is 0 Å². The van der Waals surface area contributed by atoms with Crippen LogP contribution >= 0.6 is 0 Å². The normalized spacial score (nSPS) is 15.7. The van der Waals surface area contributed by atoms with E-state index < -0.39 is 12.2 Å². The Morgan fingerprint density at radius 2 is 0.935 bits per heavy atom. The Morgan fingerprint density at radius 1 is 0.516 bits per heavy atom. The van der Waals surface area contributed by atoms with Crippen LogP contribution in [0.15, 0.2) is 0 Å². The van der Waals surface area contributed by atoms with Gasteiger partial charge in [-0.3, -0.25) is 0 Å². The summed E-state index contributed by atoms with van der Waals surface area (Å²) in [5.74, 6) is 1.16. The first-order valence-corrected chi connectivity index (χ1v) is 13.2. The number of hydrogen-bond acceptors (Lipinski definition) is 5. The van der Waals surface area contributed by atoms with Crippen molar-refractivity contribution in [3.05, 3.63) is 0 Å². The standard InChI is InChI=1S/C26H54O5/c1-5-9-11-15-23(13-7-3)19-29-21-25(17-27)31-26(18-28)22-30-20-24(14-8-4)16-12-10-6-2/h23-28H,5-22H2,1-4H3. The Bertz CT molecular complexity index is 321. The van der Waals surface area contributed by atoms with Gasteiger partial charge in [0.1, 0.15) is 12.2 Å². The predicted molar refractivity (Wildman–Crippen MR) is 130 cm³/mol. The zero-order valence-electron chi connectivity index (χ0n) is 21.2. The summed E-state index contributed by atoms with van der Waals surface area (Å²) in [6.45, 7) is 10.8. The van der Waals surface area contributed by atoms with Crippen LogP contribution in [0.1, 0.15) is 105 Å². The number of hydrogen-bond donors (Lipinski definition) is 2. The third-order valence-electron chi connectivity index (χ3n) is 5.93. The molecule has 0 aliphatic rings. The lowest BCUT2D eigenvalue weighted by Crippen LogP contribution is -2.35. The highest BCUT2D eigenvalue weighted by Crippen LogP contribution is 2.18. The fraction of sp³-hybridized carbons (Fsp3) is 1.00. The Kier molecular flexibility index (Phi) is 22.8. The van der Waals surface area contributed by atoms with E-state index in [1.165, 1.54) is 77.0 Å². The molecule has 4 unspecified atom stereocenters. The van der Waals surface area contributed by atoms with Crippen LogP contribution < -0.4 is 0 Å². The molecule has 0 amide bonds. The molecular formula is C26H54O5. The van der Waals surface area contributed by atoms with Gasteiger partial charge in [0.2, 0.25) is 0 Å². The summed E-state index contributed by atoms with van der Waals surface area (Å²) in [4.78, 5) is 0. The Labute approximate surface area is 193 Å². The van der Waals surface area contributed by atoms with Crippen LogP contribution in [0.4, 0.5) is 0 Å². The Hall–Kier alpha value is -0.200. The lowest BCUT2D eigenvalue weighted by Gasteiger charge is -2.24. The topological polar surface area (TPSA) is 68.2 Å². The first-order valence-electron chi connectivity index (χ1n) is 13.2. The van der Waals surface area contributed by atoms with Crippen LogP contribution in [0.5, 0.6) is 0 Å². The molecule has 0 aromatic heterocycles. The molecular weight excluding hydrogens is 392 g/mol. The fourth-order valence-electron chi connectivity index (χ4n) is 4.08. The second-order valence-electron chi connectivity index (χ2n) is 9.12. The molecule has 0 aromatic rings. The molecule has 5 heteroatoms. The van der Waals surface area contributed by atoms with Crippen LogP contribution in [0.25, 0.3) is 0 Å². The van der Waals surface area contributed by atoms with Gasteiger partial charge < -0.3 is 24.4 Å². The minimum atomic E-state index is -0.422. The number of aliphatic hydroxyl groups is 2. The van der Waals surface area contributed by atoms with Crippen molar-refractivity contribution in [1.29, 1.82) is 0 Å². The van der Waals surface area contributed by atoms with Crippen LogP contribution in [0.3, 0.4) is 0 Å². The molecule has 0 radical (unpaired) electrons. The largest absolute Gasteiger partial charge is 0.394 e. The van der Waals surface area contributed by atoms with Crippen LogP contribution in [0.2, 0.25) is 0 Å². The summed E-state index contributed by atoms with van der Waals surface area (Å²) in [6.07, 6.45) is 13.8. The van der Waals surface area contributed by atoms with Crippen molar-refractivity contribution in [2.75, 3.05) is 39.6 Å². The fourth-order valence-corrected chi connectivity index (χ4v) is 4.08. The monoisotopic (exact) mass is 446 g/mol. The van der Waals surface area contributed by atoms with E-state index in [0.717, 1.165) is 0 Å². The molecule has 0 saturated carbocycles. The third kappa shape index (κ3) is 18.0. The van der Waals surface area contributed by atoms with Gasteiger partial charge in [0, 0.05) is 13.2 Å². The van der Waals surface area contributed by atoms with Gasteiger partial charge in [-0.1, -0.05) is 79.1 Å². The van der Waals surface area contributed by atoms with Crippen LogP contribution in [0, 0.1) is 11.8 Å². The van der Waals surface area contributed by atoms with E-state index in [1.807, 2.05) is 0 Å². The molecule has 0 aliphatic carbocycles. The maximum absolute atomic E-state index is 9.69. The van der Waals surface area contributed by atoms with E-state index in [9.17, 15) is 10.2 Å². The summed E-state index contributed by atoms with van der Waals surface area (Å²) in [7, 11) is 0. The molecule has 31 heavy (non-hydrogen) atoms. The van der Waals surface area contributed by atoms with Crippen molar-refractivity contribution in [1.82, 2.24) is 0 Å². The molecule has 0 bridgehead atoms. The number of aliphatic hydroxyl groups excluding tert-OH is 2. The van der Waals surface area contributed by atoms with Gasteiger partial charge in [-0.15, -0.1) is 0 Å². The highest BCUT2D eigenvalue weighted by atomic mass is 16.6. The molecule has 2 N–H and O–H groups in total. The SMILES string of the molecule is CCCCCC(CCC)COCC(CO)OC(CO)COCC(CCC)CCCCC. The summed E-state index contributed by atoms with van der Waals surface area (Å²) in [5, 5.41) is 19.4. The van der Waals surface area contributed by atoms with Gasteiger partial charge in [0.15, 0.2) is 0 Å². The average molecular weight is 447 g/mol. The predicted octanol–water partition coefficient (Wildman–Crippen LogP) is 5.75. The summed E-state index contributed by atoms with van der Waals surface area (Å²) in [6, 6.07) is 0. The molecule has 5 nitrogen and oxygen atoms in total. The van der Waals surface area contributed by atoms with Crippen molar-refractivity contribution < 1.29 is 24.4 Å². The molecule has 4 atom stereocenters. The van der Waals surface area contributed by atoms with Gasteiger partial charge in [-0.05, 0) is 37.5 Å². The highest BCUT2D eigenvalue weighted by Gasteiger charge is 2.18. The van der Waals surface area contributed by atoms with E-state index in [2.05, 4.69) is 27.7 Å². The quantitative estimate of drug-likeness (QED) is 0.185. The molecule has 0 heterocycles. The zero-order chi connectivity index (χ0) is 23.2. The second kappa shape index (κ2) is 23.0. The third-order valence-corrected chi connectivity index (χ3v) is 5.93. The van der Waals surface area contributed by atoms with Crippen molar-refractivity contribution in [3.63, 3.8) is 0 Å². The molecule has 0 aliphatic heterocycles. The Morgan fingerprint density at radius 3 is 1.26 bits per heavy atom. The van der Waals surface area contributed by atoms with E-state index in [1.54, 1.807) is 0 Å². The highest BCUT2D eigenvalue weighted by molar-refractivity contribution is 4.65. The van der Waals surface area contributed by atoms with Crippen LogP contribution in [-0.2, 0) is 14.2 Å². The maximum atomic E-state index is 9.69. The average Bonchev–Trinajstić information content (AvgIpc) is 2.77. The lowest BCUT2D eigenvalue weighted by molar-refractivity contribution is -0.119. The lowest BCUT2D eigenvalue weighted by atomic mass is 9.97. The van der Waals surface area contributed by atoms with Crippen molar-refractivity contribution in [2.45, 2.75) is 117 Å². The van der Waals surface area contributed by atoms with E-state index in [0.29, 0.717) is 38.3 Å². The summed E-state index contributed by atoms with van der Waals surface area (Å²) >= 11 is 0. The van der Waals surface area contributed by atoms with Crippen molar-refractivity contribution >= 4 is 0 Å². The first-order chi connectivity index (χ1) is 15.1. The minimum absolute atomic E-state index is 0.111. The molecule has 188 valence electrons. The molecule has 0 aromatic carbocycles. The van der Waals surface area contributed by atoms with Crippen molar-refractivity contribution in [2.24, 2.45) is 11.8 Å². The van der Waals surface area contributed by atoms with Gasteiger partial charge in [0.05, 0.1) is 26.4 Å². The molecule has 0 spiro atoms. The van der Waals surface area contributed by atoms with E-state index >= 15 is 0 Å². The summed E-state index contributed by atoms with van der Waals surface area (Å²) in [5.41, 5.74) is 0. The number of rotatable bonds is 24. The van der Waals surface area contributed by atoms with Gasteiger partial charge in [-0.25, -0.2) is 0 Å². The Balaban J connectivity index is 4.26. The van der Waals surface area contributed by atoms with E-state index in [4.69, 9.17) is 14.2 Å². The second-order valence-corrected chi connectivity index (χ2v) is 9.12. The minimum Gasteiger partial charge on any atom is -0.394 e. The zero-order valence-corrected chi connectivity index (χ0v) is 21.2. The molecule has 0 rings (SSSR count). The molecule has 0 fully saturated rings. The van der Waals surface area contributed by atoms with Crippen LogP contribution in [-0.4, -0.2) is 62.1 Å². The van der Waals surface area contributed by atoms with Gasteiger partial charge >= 0.3 is 0 Å². The maximum Gasteiger partial charge on any atom is 0.104 e. The number of unbranched alkanes of at least 4 members (excludes halogenated alkanes) is 4. The summed E-state index contributed by atoms with van der Waals surface area (Å²) < 4.78 is 17.7. The smallest absolute Gasteiger partial charge is 0.104 e. The number of ether oxygens (including phenoxy) is 3. The molecule has 0 saturated heterocycles. The first kappa shape index (κ1) is 30.8. The van der Waals surface area contributed by atoms with Gasteiger partial charge in [-0.2, -0.15) is 0 Å².